The maximum Gasteiger partial charge on any atom is 0.0263 e. The molecule has 0 nitrogen and oxygen atoms in total. The van der Waals surface area contributed by atoms with E-state index in [9.17, 15) is 0 Å². The summed E-state index contributed by atoms with van der Waals surface area (Å²) in [6.07, 6.45) is 2.30. The summed E-state index contributed by atoms with van der Waals surface area (Å²) in [5.41, 5.74) is 1.48. The molecule has 0 bridgehead atoms. The fourth-order valence-corrected chi connectivity index (χ4v) is 3.96. The highest BCUT2D eigenvalue weighted by atomic mass is 35.5. The van der Waals surface area contributed by atoms with Gasteiger partial charge in [-0.15, -0.1) is 35.0 Å². The van der Waals surface area contributed by atoms with Crippen molar-refractivity contribution in [1.29, 1.82) is 0 Å². The van der Waals surface area contributed by atoms with Gasteiger partial charge in [0.15, 0.2) is 0 Å². The van der Waals surface area contributed by atoms with E-state index in [4.69, 9.17) is 23.2 Å². The average molecular weight is 261 g/mol. The maximum absolute atomic E-state index is 5.86. The van der Waals surface area contributed by atoms with E-state index in [1.807, 2.05) is 11.8 Å². The predicted octanol–water partition coefficient (Wildman–Crippen LogP) is 4.19. The van der Waals surface area contributed by atoms with Gasteiger partial charge in [-0.05, 0) is 30.4 Å². The number of rotatable bonds is 4. The van der Waals surface area contributed by atoms with Gasteiger partial charge in [0.2, 0.25) is 0 Å². The van der Waals surface area contributed by atoms with Crippen LogP contribution in [0, 0.1) is 5.92 Å². The van der Waals surface area contributed by atoms with E-state index in [-0.39, 0.29) is 0 Å². The Morgan fingerprint density at radius 1 is 1.27 bits per heavy atom. The minimum atomic E-state index is 0.458. The number of alkyl halides is 2. The third kappa shape index (κ3) is 2.83. The van der Waals surface area contributed by atoms with Crippen molar-refractivity contribution >= 4 is 35.0 Å². The SMILES string of the molecule is ClCC(CCl)CC1Cc2ccccc2S1. The predicted molar refractivity (Wildman–Crippen MR) is 69.3 cm³/mol. The standard InChI is InChI=1S/C12H14Cl2S/c13-7-9(8-14)5-11-6-10-3-1-2-4-12(10)15-11/h1-4,9,11H,5-8H2. The Bertz CT molecular complexity index is 298. The van der Waals surface area contributed by atoms with E-state index >= 15 is 0 Å². The molecule has 0 N–H and O–H groups in total. The van der Waals surface area contributed by atoms with Gasteiger partial charge in [-0.25, -0.2) is 0 Å². The monoisotopic (exact) mass is 260 g/mol. The number of benzene rings is 1. The summed E-state index contributed by atoms with van der Waals surface area (Å²) in [4.78, 5) is 1.44. The molecule has 1 aliphatic rings. The summed E-state index contributed by atoms with van der Waals surface area (Å²) in [5.74, 6) is 1.81. The van der Waals surface area contributed by atoms with Crippen LogP contribution in [0.1, 0.15) is 12.0 Å². The van der Waals surface area contributed by atoms with Crippen LogP contribution >= 0.6 is 35.0 Å². The smallest absolute Gasteiger partial charge is 0.0263 e. The minimum absolute atomic E-state index is 0.458. The summed E-state index contributed by atoms with van der Waals surface area (Å²) >= 11 is 13.7. The van der Waals surface area contributed by atoms with Crippen molar-refractivity contribution in [3.63, 3.8) is 0 Å². The van der Waals surface area contributed by atoms with E-state index in [0.29, 0.717) is 22.9 Å². The van der Waals surface area contributed by atoms with Gasteiger partial charge in [-0.1, -0.05) is 18.2 Å². The van der Waals surface area contributed by atoms with E-state index < -0.39 is 0 Å². The van der Waals surface area contributed by atoms with Gasteiger partial charge in [-0.3, -0.25) is 0 Å². The molecule has 1 unspecified atom stereocenters. The number of thioether (sulfide) groups is 1. The summed E-state index contributed by atoms with van der Waals surface area (Å²) in [5, 5.41) is 0.671. The molecule has 1 aromatic rings. The summed E-state index contributed by atoms with van der Waals surface area (Å²) in [6, 6.07) is 8.65. The number of halogens is 2. The van der Waals surface area contributed by atoms with Gasteiger partial charge in [0.1, 0.15) is 0 Å². The molecule has 1 aliphatic heterocycles. The molecule has 15 heavy (non-hydrogen) atoms. The normalized spacial score (nSPS) is 19.5. The fraction of sp³-hybridized carbons (Fsp3) is 0.500. The van der Waals surface area contributed by atoms with Crippen LogP contribution in [0.3, 0.4) is 0 Å². The lowest BCUT2D eigenvalue weighted by Crippen LogP contribution is -2.13. The largest absolute Gasteiger partial charge is 0.126 e. The molecule has 0 amide bonds. The molecule has 0 saturated heterocycles. The zero-order chi connectivity index (χ0) is 10.7. The first-order valence-electron chi connectivity index (χ1n) is 5.20. The quantitative estimate of drug-likeness (QED) is 0.732. The van der Waals surface area contributed by atoms with E-state index in [1.54, 1.807) is 0 Å². The van der Waals surface area contributed by atoms with Crippen molar-refractivity contribution in [2.75, 3.05) is 11.8 Å². The molecule has 0 aromatic heterocycles. The highest BCUT2D eigenvalue weighted by Crippen LogP contribution is 2.39. The molecule has 0 fully saturated rings. The number of hydrogen-bond donors (Lipinski definition) is 0. The first-order chi connectivity index (χ1) is 7.33. The maximum atomic E-state index is 5.86. The van der Waals surface area contributed by atoms with Gasteiger partial charge in [0.05, 0.1) is 0 Å². The zero-order valence-corrected chi connectivity index (χ0v) is 10.8. The average Bonchev–Trinajstić information content (AvgIpc) is 2.68. The van der Waals surface area contributed by atoms with Gasteiger partial charge >= 0.3 is 0 Å². The molecule has 1 aromatic carbocycles. The van der Waals surface area contributed by atoms with Crippen LogP contribution in [0.25, 0.3) is 0 Å². The Kier molecular flexibility index (Phi) is 4.24. The molecule has 82 valence electrons. The van der Waals surface area contributed by atoms with E-state index in [0.717, 1.165) is 6.42 Å². The first kappa shape index (κ1) is 11.6. The van der Waals surface area contributed by atoms with Gasteiger partial charge in [0.25, 0.3) is 0 Å². The van der Waals surface area contributed by atoms with Crippen molar-refractivity contribution in [3.8, 4) is 0 Å². The van der Waals surface area contributed by atoms with E-state index in [2.05, 4.69) is 24.3 Å². The second-order valence-electron chi connectivity index (χ2n) is 3.96. The molecule has 0 aliphatic carbocycles. The van der Waals surface area contributed by atoms with Crippen molar-refractivity contribution in [1.82, 2.24) is 0 Å². The lowest BCUT2D eigenvalue weighted by Gasteiger charge is -2.14. The number of fused-ring (bicyclic) bond motifs is 1. The van der Waals surface area contributed by atoms with Crippen LogP contribution in [0.2, 0.25) is 0 Å². The highest BCUT2D eigenvalue weighted by Gasteiger charge is 2.24. The van der Waals surface area contributed by atoms with Crippen molar-refractivity contribution in [2.45, 2.75) is 23.0 Å². The molecule has 2 rings (SSSR count). The number of hydrogen-bond acceptors (Lipinski definition) is 1. The third-order valence-corrected chi connectivity index (χ3v) is 4.96. The second kappa shape index (κ2) is 5.47. The minimum Gasteiger partial charge on any atom is -0.126 e. The van der Waals surface area contributed by atoms with Gasteiger partial charge in [-0.2, -0.15) is 0 Å². The van der Waals surface area contributed by atoms with Crippen LogP contribution in [0.4, 0.5) is 0 Å². The molecule has 3 heteroatoms. The summed E-state index contributed by atoms with van der Waals surface area (Å²) in [6.45, 7) is 0. The third-order valence-electron chi connectivity index (χ3n) is 2.75. The van der Waals surface area contributed by atoms with E-state index in [1.165, 1.54) is 16.9 Å². The highest BCUT2D eigenvalue weighted by molar-refractivity contribution is 8.00. The topological polar surface area (TPSA) is 0 Å². The lowest BCUT2D eigenvalue weighted by molar-refractivity contribution is 0.581. The Morgan fingerprint density at radius 2 is 2.00 bits per heavy atom. The van der Waals surface area contributed by atoms with Crippen LogP contribution in [-0.4, -0.2) is 17.0 Å². The Labute approximate surface area is 105 Å². The Balaban J connectivity index is 1.95. The Hall–Kier alpha value is 0.150. The fourth-order valence-electron chi connectivity index (χ4n) is 1.92. The molecular formula is C12H14Cl2S. The summed E-state index contributed by atoms with van der Waals surface area (Å²) in [7, 11) is 0. The van der Waals surface area contributed by atoms with Crippen molar-refractivity contribution in [2.24, 2.45) is 5.92 Å². The zero-order valence-electron chi connectivity index (χ0n) is 8.46. The molecule has 1 atom stereocenters. The second-order valence-corrected chi connectivity index (χ2v) is 5.92. The van der Waals surface area contributed by atoms with Crippen molar-refractivity contribution in [3.05, 3.63) is 29.8 Å². The van der Waals surface area contributed by atoms with Crippen LogP contribution in [0.5, 0.6) is 0 Å². The van der Waals surface area contributed by atoms with Gasteiger partial charge in [0, 0.05) is 21.9 Å². The molecule has 0 saturated carbocycles. The van der Waals surface area contributed by atoms with Gasteiger partial charge < -0.3 is 0 Å². The van der Waals surface area contributed by atoms with Crippen LogP contribution in [0.15, 0.2) is 29.2 Å². The van der Waals surface area contributed by atoms with Crippen molar-refractivity contribution < 1.29 is 0 Å². The molecule has 0 radical (unpaired) electrons. The first-order valence-corrected chi connectivity index (χ1v) is 7.15. The molecular weight excluding hydrogens is 247 g/mol. The summed E-state index contributed by atoms with van der Waals surface area (Å²) < 4.78 is 0. The van der Waals surface area contributed by atoms with Crippen LogP contribution < -0.4 is 0 Å². The molecule has 0 spiro atoms. The van der Waals surface area contributed by atoms with Crippen LogP contribution in [-0.2, 0) is 6.42 Å². The lowest BCUT2D eigenvalue weighted by atomic mass is 10.0. The Morgan fingerprint density at radius 3 is 2.67 bits per heavy atom. The molecule has 1 heterocycles.